The number of urea groups is 1. The van der Waals surface area contributed by atoms with Crippen molar-refractivity contribution < 1.29 is 27.7 Å². The Balaban J connectivity index is 2.57. The number of anilines is 1. The molecule has 0 aliphatic rings. The minimum atomic E-state index is -4.28. The molecule has 1 aromatic carbocycles. The van der Waals surface area contributed by atoms with Crippen molar-refractivity contribution >= 4 is 27.8 Å². The number of carboxylic acid groups (broad SMARTS) is 1. The number of amides is 2. The van der Waals surface area contributed by atoms with E-state index in [1.807, 2.05) is 0 Å². The van der Waals surface area contributed by atoms with Crippen molar-refractivity contribution in [2.75, 3.05) is 11.1 Å². The van der Waals surface area contributed by atoms with Gasteiger partial charge in [0.15, 0.2) is 0 Å². The highest BCUT2D eigenvalue weighted by Gasteiger charge is 2.22. The van der Waals surface area contributed by atoms with Crippen molar-refractivity contribution in [1.82, 2.24) is 5.32 Å². The van der Waals surface area contributed by atoms with E-state index < -0.39 is 40.3 Å². The molecule has 0 saturated heterocycles. The molecule has 4 N–H and O–H groups in total. The lowest BCUT2D eigenvalue weighted by molar-refractivity contribution is -0.139. The van der Waals surface area contributed by atoms with Crippen LogP contribution >= 0.6 is 0 Å². The number of carbonyl (C=O) groups excluding carboxylic acids is 1. The van der Waals surface area contributed by atoms with Crippen LogP contribution in [0.1, 0.15) is 6.42 Å². The predicted octanol–water partition coefficient (Wildman–Crippen LogP) is 0.539. The first-order valence-electron chi connectivity index (χ1n) is 5.58. The van der Waals surface area contributed by atoms with Gasteiger partial charge in [0.05, 0.1) is 5.75 Å². The smallest absolute Gasteiger partial charge is 0.326 e. The van der Waals surface area contributed by atoms with Gasteiger partial charge in [0.2, 0.25) is 0 Å². The van der Waals surface area contributed by atoms with Crippen LogP contribution in [-0.4, -0.2) is 41.9 Å². The molecule has 1 atom stereocenters. The molecular formula is C11H14N2O6S. The molecule has 1 rings (SSSR count). The molecule has 0 saturated carbocycles. The van der Waals surface area contributed by atoms with Crippen LogP contribution in [0.5, 0.6) is 0 Å². The lowest BCUT2D eigenvalue weighted by Gasteiger charge is -2.14. The molecule has 1 aromatic rings. The van der Waals surface area contributed by atoms with Gasteiger partial charge in [-0.1, -0.05) is 18.2 Å². The number of nitrogens with one attached hydrogen (secondary N) is 2. The molecule has 20 heavy (non-hydrogen) atoms. The third kappa shape index (κ3) is 6.16. The van der Waals surface area contributed by atoms with E-state index in [1.165, 1.54) is 0 Å². The number of hydrogen-bond donors (Lipinski definition) is 4. The quantitative estimate of drug-likeness (QED) is 0.567. The topological polar surface area (TPSA) is 133 Å². The average molecular weight is 302 g/mol. The molecule has 0 radical (unpaired) electrons. The summed E-state index contributed by atoms with van der Waals surface area (Å²) in [5, 5.41) is 13.4. The molecule has 2 amide bonds. The summed E-state index contributed by atoms with van der Waals surface area (Å²) in [5.41, 5.74) is 0.462. The summed E-state index contributed by atoms with van der Waals surface area (Å²) in [5.74, 6) is -2.15. The predicted molar refractivity (Wildman–Crippen MR) is 71.1 cm³/mol. The zero-order chi connectivity index (χ0) is 15.2. The third-order valence-corrected chi connectivity index (χ3v) is 3.05. The van der Waals surface area contributed by atoms with Crippen molar-refractivity contribution in [3.63, 3.8) is 0 Å². The highest BCUT2D eigenvalue weighted by atomic mass is 32.2. The monoisotopic (exact) mass is 302 g/mol. The van der Waals surface area contributed by atoms with E-state index in [2.05, 4.69) is 10.6 Å². The summed E-state index contributed by atoms with van der Waals surface area (Å²) >= 11 is 0. The molecule has 0 fully saturated rings. The van der Waals surface area contributed by atoms with Crippen molar-refractivity contribution in [2.45, 2.75) is 12.5 Å². The number of carbonyl (C=O) groups is 2. The molecule has 0 aliphatic heterocycles. The first-order valence-corrected chi connectivity index (χ1v) is 7.19. The number of aliphatic carboxylic acids is 1. The second-order valence-electron chi connectivity index (χ2n) is 3.93. The Bertz CT molecular complexity index is 572. The van der Waals surface area contributed by atoms with E-state index in [-0.39, 0.29) is 0 Å². The highest BCUT2D eigenvalue weighted by Crippen LogP contribution is 2.05. The molecule has 9 heteroatoms. The number of benzene rings is 1. The van der Waals surface area contributed by atoms with Gasteiger partial charge in [-0.3, -0.25) is 4.55 Å². The average Bonchev–Trinajstić information content (AvgIpc) is 2.34. The number of rotatable bonds is 6. The van der Waals surface area contributed by atoms with Crippen molar-refractivity contribution in [1.29, 1.82) is 0 Å². The molecular weight excluding hydrogens is 288 g/mol. The zero-order valence-corrected chi connectivity index (χ0v) is 11.1. The van der Waals surface area contributed by atoms with Gasteiger partial charge >= 0.3 is 12.0 Å². The summed E-state index contributed by atoms with van der Waals surface area (Å²) in [7, 11) is -4.28. The Hall–Kier alpha value is -2.13. The molecule has 110 valence electrons. The van der Waals surface area contributed by atoms with E-state index in [4.69, 9.17) is 9.66 Å². The largest absolute Gasteiger partial charge is 0.480 e. The molecule has 8 nitrogen and oxygen atoms in total. The molecule has 0 heterocycles. The first kappa shape index (κ1) is 15.9. The van der Waals surface area contributed by atoms with E-state index >= 15 is 0 Å². The molecule has 0 aliphatic carbocycles. The Morgan fingerprint density at radius 3 is 2.30 bits per heavy atom. The van der Waals surface area contributed by atoms with Crippen LogP contribution in [0.15, 0.2) is 30.3 Å². The standard InChI is InChI=1S/C11H14N2O6S/c14-10(15)9(6-7-20(17,18)19)13-11(16)12-8-4-2-1-3-5-8/h1-5,9H,6-7H2,(H,14,15)(H2,12,13,16)(H,17,18,19). The minimum Gasteiger partial charge on any atom is -0.480 e. The van der Waals surface area contributed by atoms with Gasteiger partial charge in [-0.2, -0.15) is 8.42 Å². The lowest BCUT2D eigenvalue weighted by atomic mass is 10.2. The van der Waals surface area contributed by atoms with Crippen LogP contribution in [0.4, 0.5) is 10.5 Å². The minimum absolute atomic E-state index is 0.434. The van der Waals surface area contributed by atoms with Gasteiger partial charge < -0.3 is 15.7 Å². The zero-order valence-electron chi connectivity index (χ0n) is 10.3. The summed E-state index contributed by atoms with van der Waals surface area (Å²) in [6, 6.07) is 6.13. The summed E-state index contributed by atoms with van der Waals surface area (Å²) in [6.07, 6.45) is -0.434. The summed E-state index contributed by atoms with van der Waals surface area (Å²) < 4.78 is 29.7. The third-order valence-electron chi connectivity index (χ3n) is 2.30. The molecule has 1 unspecified atom stereocenters. The van der Waals surface area contributed by atoms with Crippen molar-refractivity contribution in [3.8, 4) is 0 Å². The molecule has 0 bridgehead atoms. The number of carboxylic acids is 1. The van der Waals surface area contributed by atoms with Crippen molar-refractivity contribution in [2.24, 2.45) is 0 Å². The van der Waals surface area contributed by atoms with Gasteiger partial charge in [0, 0.05) is 5.69 Å². The fourth-order valence-electron chi connectivity index (χ4n) is 1.37. The maximum atomic E-state index is 11.6. The normalized spacial score (nSPS) is 12.4. The van der Waals surface area contributed by atoms with Gasteiger partial charge in [0.25, 0.3) is 10.1 Å². The summed E-state index contributed by atoms with van der Waals surface area (Å²) in [4.78, 5) is 22.4. The van der Waals surface area contributed by atoms with Crippen molar-refractivity contribution in [3.05, 3.63) is 30.3 Å². The first-order chi connectivity index (χ1) is 9.28. The Morgan fingerprint density at radius 2 is 1.80 bits per heavy atom. The number of para-hydroxylation sites is 1. The Labute approximate surface area is 115 Å². The van der Waals surface area contributed by atoms with Crippen LogP contribution in [0, 0.1) is 0 Å². The maximum Gasteiger partial charge on any atom is 0.326 e. The van der Waals surface area contributed by atoms with Crippen LogP contribution in [0.25, 0.3) is 0 Å². The van der Waals surface area contributed by atoms with E-state index in [1.54, 1.807) is 30.3 Å². The summed E-state index contributed by atoms with van der Waals surface area (Å²) in [6.45, 7) is 0. The Kier molecular flexibility index (Phi) is 5.47. The van der Waals surface area contributed by atoms with Crippen LogP contribution in [0.3, 0.4) is 0 Å². The fourth-order valence-corrected chi connectivity index (χ4v) is 1.90. The van der Waals surface area contributed by atoms with Gasteiger partial charge in [-0.05, 0) is 18.6 Å². The Morgan fingerprint density at radius 1 is 1.20 bits per heavy atom. The second kappa shape index (κ2) is 6.87. The van der Waals surface area contributed by atoms with Crippen LogP contribution in [-0.2, 0) is 14.9 Å². The SMILES string of the molecule is O=C(Nc1ccccc1)NC(CCS(=O)(=O)O)C(=O)O. The van der Waals surface area contributed by atoms with Gasteiger partial charge in [-0.25, -0.2) is 9.59 Å². The van der Waals surface area contributed by atoms with E-state index in [0.717, 1.165) is 0 Å². The van der Waals surface area contributed by atoms with Crippen LogP contribution in [0.2, 0.25) is 0 Å². The van der Waals surface area contributed by atoms with E-state index in [0.29, 0.717) is 5.69 Å². The highest BCUT2D eigenvalue weighted by molar-refractivity contribution is 7.85. The van der Waals surface area contributed by atoms with Gasteiger partial charge in [-0.15, -0.1) is 0 Å². The molecule has 0 aromatic heterocycles. The lowest BCUT2D eigenvalue weighted by Crippen LogP contribution is -2.43. The fraction of sp³-hybridized carbons (Fsp3) is 0.273. The maximum absolute atomic E-state index is 11.6. The molecule has 0 spiro atoms. The second-order valence-corrected chi connectivity index (χ2v) is 5.50. The van der Waals surface area contributed by atoms with Crippen LogP contribution < -0.4 is 10.6 Å². The number of hydrogen-bond acceptors (Lipinski definition) is 4. The van der Waals surface area contributed by atoms with Gasteiger partial charge in [0.1, 0.15) is 6.04 Å². The van der Waals surface area contributed by atoms with E-state index in [9.17, 15) is 18.0 Å².